The molecule has 0 aliphatic heterocycles. The Labute approximate surface area is 130 Å². The van der Waals surface area contributed by atoms with Crippen LogP contribution in [0.4, 0.5) is 0 Å². The van der Waals surface area contributed by atoms with Crippen LogP contribution in [0.1, 0.15) is 53.9 Å². The molecule has 0 aromatic rings. The minimum Gasteiger partial charge on any atom is -0.392 e. The third kappa shape index (κ3) is 5.89. The summed E-state index contributed by atoms with van der Waals surface area (Å²) in [6.45, 7) is 11.2. The van der Waals surface area contributed by atoms with Crippen LogP contribution >= 0.6 is 0 Å². The summed E-state index contributed by atoms with van der Waals surface area (Å²) in [7, 11) is 0. The fraction of sp³-hybridized carbons (Fsp3) is 0.500. The Bertz CT molecular complexity index is 496. The molecule has 21 heavy (non-hydrogen) atoms. The van der Waals surface area contributed by atoms with Crippen LogP contribution < -0.4 is 0 Å². The highest BCUT2D eigenvalue weighted by Crippen LogP contribution is 2.40. The van der Waals surface area contributed by atoms with Gasteiger partial charge in [-0.15, -0.1) is 0 Å². The first-order chi connectivity index (χ1) is 9.86. The fourth-order valence-corrected chi connectivity index (χ4v) is 2.84. The molecule has 0 heterocycles. The predicted molar refractivity (Wildman–Crippen MR) is 93.2 cm³/mol. The molecule has 1 aliphatic carbocycles. The molecule has 0 fully saturated rings. The van der Waals surface area contributed by atoms with Gasteiger partial charge in [0.2, 0.25) is 0 Å². The molecule has 0 radical (unpaired) electrons. The standard InChI is InChI=1S/C20H30O/c1-16(8-6-9-17(2)13-15-21)11-12-19-18(3)10-7-14-20(19,4)5/h6,8-9,11-13,21H,7,10,14-15H2,1-5H3/b9-6-,12-11+,16-8-,17-13+. The van der Waals surface area contributed by atoms with E-state index in [-0.39, 0.29) is 6.61 Å². The normalized spacial score (nSPS) is 20.9. The molecule has 0 amide bonds. The van der Waals surface area contributed by atoms with E-state index in [1.54, 1.807) is 6.08 Å². The van der Waals surface area contributed by atoms with Crippen LogP contribution in [-0.4, -0.2) is 11.7 Å². The minimum absolute atomic E-state index is 0.0985. The van der Waals surface area contributed by atoms with E-state index in [4.69, 9.17) is 5.11 Å². The zero-order valence-corrected chi connectivity index (χ0v) is 14.2. The van der Waals surface area contributed by atoms with Crippen LogP contribution in [0.15, 0.2) is 58.7 Å². The maximum Gasteiger partial charge on any atom is 0.0617 e. The number of hydrogen-bond acceptors (Lipinski definition) is 1. The lowest BCUT2D eigenvalue weighted by molar-refractivity contribution is 0.342. The van der Waals surface area contributed by atoms with Crippen LogP contribution in [-0.2, 0) is 0 Å². The fourth-order valence-electron chi connectivity index (χ4n) is 2.84. The molecule has 1 N–H and O–H groups in total. The van der Waals surface area contributed by atoms with Crippen molar-refractivity contribution in [3.8, 4) is 0 Å². The van der Waals surface area contributed by atoms with E-state index >= 15 is 0 Å². The number of hydrogen-bond donors (Lipinski definition) is 1. The summed E-state index contributed by atoms with van der Waals surface area (Å²) in [4.78, 5) is 0. The van der Waals surface area contributed by atoms with Crippen molar-refractivity contribution in [1.82, 2.24) is 0 Å². The summed E-state index contributed by atoms with van der Waals surface area (Å²) in [5, 5.41) is 8.81. The molecule has 0 bridgehead atoms. The van der Waals surface area contributed by atoms with Gasteiger partial charge in [0.1, 0.15) is 0 Å². The van der Waals surface area contributed by atoms with E-state index in [2.05, 4.69) is 45.9 Å². The Kier molecular flexibility index (Phi) is 6.91. The lowest BCUT2D eigenvalue weighted by Gasteiger charge is -2.32. The quantitative estimate of drug-likeness (QED) is 0.661. The number of aliphatic hydroxyl groups excluding tert-OH is 1. The molecule has 1 rings (SSSR count). The zero-order valence-electron chi connectivity index (χ0n) is 14.2. The molecular weight excluding hydrogens is 256 g/mol. The molecule has 1 aliphatic rings. The molecule has 0 unspecified atom stereocenters. The summed E-state index contributed by atoms with van der Waals surface area (Å²) in [5.41, 5.74) is 5.66. The Balaban J connectivity index is 2.78. The van der Waals surface area contributed by atoms with Gasteiger partial charge in [-0.05, 0) is 51.0 Å². The second-order valence-electron chi connectivity index (χ2n) is 6.67. The molecular formula is C20H30O. The van der Waals surface area contributed by atoms with Gasteiger partial charge in [0, 0.05) is 0 Å². The number of aliphatic hydroxyl groups is 1. The summed E-state index contributed by atoms with van der Waals surface area (Å²) in [5.74, 6) is 0. The predicted octanol–water partition coefficient (Wildman–Crippen LogP) is 5.51. The van der Waals surface area contributed by atoms with Gasteiger partial charge in [0.25, 0.3) is 0 Å². The van der Waals surface area contributed by atoms with Gasteiger partial charge in [0.05, 0.1) is 6.61 Å². The molecule has 0 aromatic heterocycles. The van der Waals surface area contributed by atoms with Gasteiger partial charge in [-0.2, -0.15) is 0 Å². The third-order valence-electron chi connectivity index (χ3n) is 4.19. The van der Waals surface area contributed by atoms with Gasteiger partial charge in [-0.3, -0.25) is 0 Å². The second-order valence-corrected chi connectivity index (χ2v) is 6.67. The number of allylic oxidation sites excluding steroid dienone is 9. The smallest absolute Gasteiger partial charge is 0.0617 e. The molecule has 0 saturated heterocycles. The van der Waals surface area contributed by atoms with E-state index < -0.39 is 0 Å². The largest absolute Gasteiger partial charge is 0.392 e. The molecule has 1 heteroatoms. The van der Waals surface area contributed by atoms with Crippen LogP contribution in [0, 0.1) is 5.41 Å². The van der Waals surface area contributed by atoms with Crippen molar-refractivity contribution in [3.63, 3.8) is 0 Å². The molecule has 0 spiro atoms. The van der Waals surface area contributed by atoms with E-state index in [1.165, 1.54) is 36.0 Å². The van der Waals surface area contributed by atoms with Crippen molar-refractivity contribution in [1.29, 1.82) is 0 Å². The van der Waals surface area contributed by atoms with E-state index in [0.717, 1.165) is 5.57 Å². The average molecular weight is 286 g/mol. The maximum atomic E-state index is 8.81. The highest BCUT2D eigenvalue weighted by atomic mass is 16.2. The van der Waals surface area contributed by atoms with Crippen LogP contribution in [0.3, 0.4) is 0 Å². The molecule has 0 aromatic carbocycles. The topological polar surface area (TPSA) is 20.2 Å². The van der Waals surface area contributed by atoms with Gasteiger partial charge in [-0.25, -0.2) is 0 Å². The molecule has 0 atom stereocenters. The Morgan fingerprint density at radius 2 is 1.90 bits per heavy atom. The Morgan fingerprint density at radius 3 is 2.52 bits per heavy atom. The van der Waals surface area contributed by atoms with Crippen molar-refractivity contribution in [2.75, 3.05) is 6.61 Å². The summed E-state index contributed by atoms with van der Waals surface area (Å²) < 4.78 is 0. The highest BCUT2D eigenvalue weighted by Gasteiger charge is 2.26. The van der Waals surface area contributed by atoms with Crippen molar-refractivity contribution in [2.24, 2.45) is 5.41 Å². The maximum absolute atomic E-state index is 8.81. The first-order valence-corrected chi connectivity index (χ1v) is 7.87. The monoisotopic (exact) mass is 286 g/mol. The van der Waals surface area contributed by atoms with E-state index in [0.29, 0.717) is 5.41 Å². The van der Waals surface area contributed by atoms with Gasteiger partial charge in [-0.1, -0.05) is 67.0 Å². The third-order valence-corrected chi connectivity index (χ3v) is 4.19. The van der Waals surface area contributed by atoms with Gasteiger partial charge in [0.15, 0.2) is 0 Å². The van der Waals surface area contributed by atoms with Crippen molar-refractivity contribution in [3.05, 3.63) is 58.7 Å². The summed E-state index contributed by atoms with van der Waals surface area (Å²) >= 11 is 0. The van der Waals surface area contributed by atoms with Crippen molar-refractivity contribution >= 4 is 0 Å². The Hall–Kier alpha value is -1.34. The second kappa shape index (κ2) is 8.19. The van der Waals surface area contributed by atoms with Crippen LogP contribution in [0.5, 0.6) is 0 Å². The molecule has 1 nitrogen and oxygen atoms in total. The first kappa shape index (κ1) is 17.7. The summed E-state index contributed by atoms with van der Waals surface area (Å²) in [6.07, 6.45) is 16.3. The van der Waals surface area contributed by atoms with Gasteiger partial charge >= 0.3 is 0 Å². The molecule has 116 valence electrons. The van der Waals surface area contributed by atoms with Crippen molar-refractivity contribution in [2.45, 2.75) is 53.9 Å². The van der Waals surface area contributed by atoms with E-state index in [1.807, 2.05) is 19.1 Å². The highest BCUT2D eigenvalue weighted by molar-refractivity contribution is 5.37. The van der Waals surface area contributed by atoms with Crippen LogP contribution in [0.25, 0.3) is 0 Å². The zero-order chi connectivity index (χ0) is 15.9. The van der Waals surface area contributed by atoms with Crippen LogP contribution in [0.2, 0.25) is 0 Å². The first-order valence-electron chi connectivity index (χ1n) is 7.87. The average Bonchev–Trinajstić information content (AvgIpc) is 2.37. The minimum atomic E-state index is 0.0985. The lowest BCUT2D eigenvalue weighted by Crippen LogP contribution is -2.19. The van der Waals surface area contributed by atoms with Crippen molar-refractivity contribution < 1.29 is 5.11 Å². The Morgan fingerprint density at radius 1 is 1.19 bits per heavy atom. The molecule has 0 saturated carbocycles. The number of rotatable bonds is 5. The lowest BCUT2D eigenvalue weighted by atomic mass is 9.72. The van der Waals surface area contributed by atoms with E-state index in [9.17, 15) is 0 Å². The van der Waals surface area contributed by atoms with Gasteiger partial charge < -0.3 is 5.11 Å². The SMILES string of the molecule is CC1=C(/C=C/C(C)=C\C=C/C(C)=C/CO)C(C)(C)CCC1. The summed E-state index contributed by atoms with van der Waals surface area (Å²) in [6, 6.07) is 0.